The Balaban J connectivity index is 1.75. The molecule has 3 rings (SSSR count). The number of ether oxygens (including phenoxy) is 3. The molecular weight excluding hydrogens is 415 g/mol. The zero-order valence-corrected chi connectivity index (χ0v) is 17.1. The Kier molecular flexibility index (Phi) is 6.69. The molecule has 0 fully saturated rings. The maximum absolute atomic E-state index is 12.3. The normalized spacial score (nSPS) is 10.8. The smallest absolute Gasteiger partial charge is 0.343 e. The van der Waals surface area contributed by atoms with Crippen LogP contribution in [0.4, 0.5) is 11.4 Å². The van der Waals surface area contributed by atoms with Crippen LogP contribution in [-0.2, 0) is 0 Å². The molecule has 0 saturated carbocycles. The van der Waals surface area contributed by atoms with Gasteiger partial charge in [-0.25, -0.2) is 4.79 Å². The Morgan fingerprint density at radius 2 is 1.24 bits per heavy atom. The van der Waals surface area contributed by atoms with Gasteiger partial charge >= 0.3 is 5.97 Å². The summed E-state index contributed by atoms with van der Waals surface area (Å²) in [5, 5.41) is 8.52. The van der Waals surface area contributed by atoms with Crippen molar-refractivity contribution in [2.45, 2.75) is 0 Å². The molecule has 6 nitrogen and oxygen atoms in total. The molecule has 0 aliphatic heterocycles. The fourth-order valence-electron chi connectivity index (χ4n) is 2.34. The average molecular weight is 431 g/mol. The van der Waals surface area contributed by atoms with E-state index < -0.39 is 5.97 Å². The molecule has 0 N–H and O–H groups in total. The first-order chi connectivity index (χ1) is 14.0. The number of halogens is 2. The van der Waals surface area contributed by atoms with Crippen molar-refractivity contribution >= 4 is 40.5 Å². The van der Waals surface area contributed by atoms with Gasteiger partial charge in [0.1, 0.15) is 11.5 Å². The highest BCUT2D eigenvalue weighted by Gasteiger charge is 2.16. The van der Waals surface area contributed by atoms with Gasteiger partial charge in [0.2, 0.25) is 0 Å². The predicted molar refractivity (Wildman–Crippen MR) is 112 cm³/mol. The van der Waals surface area contributed by atoms with E-state index in [1.54, 1.807) is 62.8 Å². The Bertz CT molecular complexity index is 1010. The molecule has 3 aromatic rings. The van der Waals surface area contributed by atoms with E-state index in [2.05, 4.69) is 10.2 Å². The largest absolute Gasteiger partial charge is 0.497 e. The van der Waals surface area contributed by atoms with Gasteiger partial charge in [-0.05, 0) is 60.7 Å². The SMILES string of the molecule is COc1ccc(N=Nc2cc(Cl)c(OC(=O)c3ccc(OC)cc3)c(Cl)c2)cc1. The van der Waals surface area contributed by atoms with Crippen molar-refractivity contribution in [3.63, 3.8) is 0 Å². The molecular formula is C21H16Cl2N2O4. The van der Waals surface area contributed by atoms with E-state index in [1.807, 2.05) is 0 Å². The van der Waals surface area contributed by atoms with Crippen LogP contribution < -0.4 is 14.2 Å². The monoisotopic (exact) mass is 430 g/mol. The quantitative estimate of drug-likeness (QED) is 0.249. The van der Waals surface area contributed by atoms with Crippen LogP contribution in [0.1, 0.15) is 10.4 Å². The third-order valence-electron chi connectivity index (χ3n) is 3.86. The third-order valence-corrected chi connectivity index (χ3v) is 4.42. The van der Waals surface area contributed by atoms with E-state index in [0.29, 0.717) is 22.7 Å². The molecule has 0 aromatic heterocycles. The molecule has 3 aromatic carbocycles. The Labute approximate surface area is 177 Å². The molecule has 0 atom stereocenters. The molecule has 0 saturated heterocycles. The molecule has 0 aliphatic rings. The molecule has 0 heterocycles. The zero-order valence-electron chi connectivity index (χ0n) is 15.6. The lowest BCUT2D eigenvalue weighted by molar-refractivity contribution is 0.0735. The van der Waals surface area contributed by atoms with E-state index in [-0.39, 0.29) is 15.8 Å². The highest BCUT2D eigenvalue weighted by Crippen LogP contribution is 2.38. The molecule has 8 heteroatoms. The van der Waals surface area contributed by atoms with Crippen molar-refractivity contribution in [3.8, 4) is 17.2 Å². The minimum Gasteiger partial charge on any atom is -0.497 e. The molecule has 148 valence electrons. The minimum absolute atomic E-state index is 0.0533. The second-order valence-electron chi connectivity index (χ2n) is 5.75. The highest BCUT2D eigenvalue weighted by atomic mass is 35.5. The predicted octanol–water partition coefficient (Wildman–Crippen LogP) is 6.65. The first kappa shape index (κ1) is 20.6. The molecule has 0 unspecified atom stereocenters. The van der Waals surface area contributed by atoms with Gasteiger partial charge < -0.3 is 14.2 Å². The van der Waals surface area contributed by atoms with Crippen molar-refractivity contribution in [1.29, 1.82) is 0 Å². The number of benzene rings is 3. The van der Waals surface area contributed by atoms with Crippen molar-refractivity contribution in [1.82, 2.24) is 0 Å². The maximum atomic E-state index is 12.3. The van der Waals surface area contributed by atoms with Gasteiger partial charge in [-0.2, -0.15) is 10.2 Å². The molecule has 0 aliphatic carbocycles. The van der Waals surface area contributed by atoms with Crippen molar-refractivity contribution in [2.24, 2.45) is 10.2 Å². The van der Waals surface area contributed by atoms with Crippen molar-refractivity contribution in [2.75, 3.05) is 14.2 Å². The number of hydrogen-bond acceptors (Lipinski definition) is 6. The number of nitrogens with zero attached hydrogens (tertiary/aromatic N) is 2. The van der Waals surface area contributed by atoms with E-state index in [0.717, 1.165) is 5.75 Å². The second kappa shape index (κ2) is 9.41. The Morgan fingerprint density at radius 3 is 1.76 bits per heavy atom. The summed E-state index contributed by atoms with van der Waals surface area (Å²) in [6, 6.07) is 16.6. The van der Waals surface area contributed by atoms with Crippen molar-refractivity contribution in [3.05, 3.63) is 76.3 Å². The first-order valence-corrected chi connectivity index (χ1v) is 9.17. The third kappa shape index (κ3) is 5.25. The lowest BCUT2D eigenvalue weighted by Crippen LogP contribution is -2.09. The lowest BCUT2D eigenvalue weighted by Gasteiger charge is -2.09. The highest BCUT2D eigenvalue weighted by molar-refractivity contribution is 6.37. The topological polar surface area (TPSA) is 69.5 Å². The molecule has 0 spiro atoms. The number of methoxy groups -OCH3 is 2. The van der Waals surface area contributed by atoms with Gasteiger partial charge in [-0.3, -0.25) is 0 Å². The van der Waals surface area contributed by atoms with Gasteiger partial charge in [0, 0.05) is 0 Å². The maximum Gasteiger partial charge on any atom is 0.343 e. The summed E-state index contributed by atoms with van der Waals surface area (Å²) in [5.74, 6) is 0.809. The molecule has 29 heavy (non-hydrogen) atoms. The van der Waals surface area contributed by atoms with Gasteiger partial charge in [0.15, 0.2) is 5.75 Å². The van der Waals surface area contributed by atoms with Crippen LogP contribution in [0.5, 0.6) is 17.2 Å². The average Bonchev–Trinajstić information content (AvgIpc) is 2.75. The van der Waals surface area contributed by atoms with E-state index in [9.17, 15) is 4.79 Å². The van der Waals surface area contributed by atoms with Gasteiger partial charge in [-0.15, -0.1) is 0 Å². The summed E-state index contributed by atoms with van der Waals surface area (Å²) < 4.78 is 15.5. The standard InChI is InChI=1S/C21H16Cl2N2O4/c1-27-16-7-3-13(4-8-16)21(26)29-20-18(22)11-15(12-19(20)23)25-24-14-5-9-17(28-2)10-6-14/h3-12H,1-2H3. The molecule has 0 amide bonds. The van der Waals surface area contributed by atoms with Crippen LogP contribution in [0.3, 0.4) is 0 Å². The van der Waals surface area contributed by atoms with Crippen molar-refractivity contribution < 1.29 is 19.0 Å². The number of rotatable bonds is 6. The second-order valence-corrected chi connectivity index (χ2v) is 6.57. The Hall–Kier alpha value is -3.09. The molecule has 0 bridgehead atoms. The van der Waals surface area contributed by atoms with E-state index in [4.69, 9.17) is 37.4 Å². The van der Waals surface area contributed by atoms with Crippen LogP contribution in [-0.4, -0.2) is 20.2 Å². The summed E-state index contributed by atoms with van der Waals surface area (Å²) >= 11 is 12.5. The zero-order chi connectivity index (χ0) is 20.8. The summed E-state index contributed by atoms with van der Waals surface area (Å²) in [4.78, 5) is 12.3. The summed E-state index contributed by atoms with van der Waals surface area (Å²) in [6.07, 6.45) is 0. The van der Waals surface area contributed by atoms with Gasteiger partial charge in [0.05, 0.1) is 41.2 Å². The van der Waals surface area contributed by atoms with Crippen LogP contribution in [0.2, 0.25) is 10.0 Å². The van der Waals surface area contributed by atoms with E-state index >= 15 is 0 Å². The fourth-order valence-corrected chi connectivity index (χ4v) is 2.90. The number of carbonyl (C=O) groups excluding carboxylic acids is 1. The Morgan fingerprint density at radius 1 is 0.759 bits per heavy atom. The number of carbonyl (C=O) groups is 1. The van der Waals surface area contributed by atoms with Crippen LogP contribution >= 0.6 is 23.2 Å². The summed E-state index contributed by atoms with van der Waals surface area (Å²) in [7, 11) is 3.13. The summed E-state index contributed by atoms with van der Waals surface area (Å²) in [5.41, 5.74) is 1.38. The van der Waals surface area contributed by atoms with Crippen LogP contribution in [0.15, 0.2) is 70.9 Å². The van der Waals surface area contributed by atoms with Gasteiger partial charge in [0.25, 0.3) is 0 Å². The lowest BCUT2D eigenvalue weighted by atomic mass is 10.2. The number of hydrogen-bond donors (Lipinski definition) is 0. The van der Waals surface area contributed by atoms with Crippen LogP contribution in [0.25, 0.3) is 0 Å². The summed E-state index contributed by atoms with van der Waals surface area (Å²) in [6.45, 7) is 0. The van der Waals surface area contributed by atoms with Gasteiger partial charge in [-0.1, -0.05) is 23.2 Å². The molecule has 0 radical (unpaired) electrons. The number of esters is 1. The number of azo groups is 1. The van der Waals surface area contributed by atoms with Crippen LogP contribution in [0, 0.1) is 0 Å². The minimum atomic E-state index is -0.593. The fraction of sp³-hybridized carbons (Fsp3) is 0.0952. The van der Waals surface area contributed by atoms with E-state index in [1.165, 1.54) is 12.1 Å². The first-order valence-electron chi connectivity index (χ1n) is 8.41.